The SMILES string of the molecule is Cc1cnc([C@@H]2CCN(Cc3cscn3)C2)[nH]1. The lowest BCUT2D eigenvalue weighted by Crippen LogP contribution is -2.20. The molecule has 3 rings (SSSR count). The fraction of sp³-hybridized carbons (Fsp3) is 0.500. The lowest BCUT2D eigenvalue weighted by molar-refractivity contribution is 0.322. The van der Waals surface area contributed by atoms with Crippen molar-refractivity contribution in [3.8, 4) is 0 Å². The number of imidazole rings is 1. The van der Waals surface area contributed by atoms with Crippen molar-refractivity contribution < 1.29 is 0 Å². The van der Waals surface area contributed by atoms with Crippen LogP contribution in [0.5, 0.6) is 0 Å². The highest BCUT2D eigenvalue weighted by Gasteiger charge is 2.25. The van der Waals surface area contributed by atoms with Crippen LogP contribution in [-0.4, -0.2) is 32.9 Å². The molecule has 1 atom stereocenters. The third-order valence-electron chi connectivity index (χ3n) is 3.25. The van der Waals surface area contributed by atoms with Gasteiger partial charge in [0, 0.05) is 36.3 Å². The second kappa shape index (κ2) is 4.58. The van der Waals surface area contributed by atoms with Crippen LogP contribution < -0.4 is 0 Å². The number of hydrogen-bond donors (Lipinski definition) is 1. The summed E-state index contributed by atoms with van der Waals surface area (Å²) in [6.45, 7) is 5.25. The van der Waals surface area contributed by atoms with Crippen LogP contribution in [0.1, 0.15) is 29.6 Å². The van der Waals surface area contributed by atoms with Gasteiger partial charge >= 0.3 is 0 Å². The average Bonchev–Trinajstić information content (AvgIpc) is 2.99. The summed E-state index contributed by atoms with van der Waals surface area (Å²) >= 11 is 1.67. The van der Waals surface area contributed by atoms with Crippen LogP contribution in [0.25, 0.3) is 0 Å². The van der Waals surface area contributed by atoms with Crippen molar-refractivity contribution in [2.24, 2.45) is 0 Å². The van der Waals surface area contributed by atoms with Gasteiger partial charge in [-0.3, -0.25) is 4.90 Å². The molecule has 0 saturated carbocycles. The molecule has 90 valence electrons. The number of rotatable bonds is 3. The molecule has 1 fully saturated rings. The summed E-state index contributed by atoms with van der Waals surface area (Å²) in [6.07, 6.45) is 3.11. The Morgan fingerprint density at radius 1 is 1.53 bits per heavy atom. The number of H-pyrrole nitrogens is 1. The molecule has 1 aliphatic heterocycles. The van der Waals surface area contributed by atoms with Crippen molar-refractivity contribution in [1.82, 2.24) is 19.9 Å². The van der Waals surface area contributed by atoms with Crippen LogP contribution in [0.3, 0.4) is 0 Å². The summed E-state index contributed by atoms with van der Waals surface area (Å²) in [5.74, 6) is 1.70. The number of aryl methyl sites for hydroxylation is 1. The van der Waals surface area contributed by atoms with Crippen molar-refractivity contribution >= 4 is 11.3 Å². The van der Waals surface area contributed by atoms with Gasteiger partial charge in [-0.25, -0.2) is 9.97 Å². The van der Waals surface area contributed by atoms with Crippen molar-refractivity contribution in [1.29, 1.82) is 0 Å². The lowest BCUT2D eigenvalue weighted by atomic mass is 10.1. The number of aromatic amines is 1. The van der Waals surface area contributed by atoms with Gasteiger partial charge in [0.15, 0.2) is 0 Å². The number of nitrogens with zero attached hydrogens (tertiary/aromatic N) is 3. The van der Waals surface area contributed by atoms with E-state index in [2.05, 4.69) is 32.2 Å². The first-order valence-corrected chi connectivity index (χ1v) is 6.86. The van der Waals surface area contributed by atoms with Crippen LogP contribution >= 0.6 is 11.3 Å². The van der Waals surface area contributed by atoms with E-state index in [0.29, 0.717) is 5.92 Å². The molecular formula is C12H16N4S. The van der Waals surface area contributed by atoms with Crippen LogP contribution in [0.4, 0.5) is 0 Å². The highest BCUT2D eigenvalue weighted by atomic mass is 32.1. The number of likely N-dealkylation sites (tertiary alicyclic amines) is 1. The summed E-state index contributed by atoms with van der Waals surface area (Å²) in [5.41, 5.74) is 4.24. The van der Waals surface area contributed by atoms with Gasteiger partial charge in [0.1, 0.15) is 5.82 Å². The van der Waals surface area contributed by atoms with Crippen molar-refractivity contribution in [3.05, 3.63) is 34.3 Å². The predicted octanol–water partition coefficient (Wildman–Crippen LogP) is 2.16. The summed E-state index contributed by atoms with van der Waals surface area (Å²) in [7, 11) is 0. The van der Waals surface area contributed by atoms with E-state index < -0.39 is 0 Å². The Kier molecular flexibility index (Phi) is 2.94. The maximum absolute atomic E-state index is 4.43. The highest BCUT2D eigenvalue weighted by Crippen LogP contribution is 2.26. The molecule has 2 aromatic rings. The topological polar surface area (TPSA) is 44.8 Å². The zero-order chi connectivity index (χ0) is 11.7. The van der Waals surface area contributed by atoms with E-state index in [1.165, 1.54) is 12.1 Å². The number of thiazole rings is 1. The Hall–Kier alpha value is -1.20. The Morgan fingerprint density at radius 3 is 3.18 bits per heavy atom. The minimum atomic E-state index is 0.558. The summed E-state index contributed by atoms with van der Waals surface area (Å²) in [4.78, 5) is 14.6. The van der Waals surface area contributed by atoms with Gasteiger partial charge in [-0.05, 0) is 19.9 Å². The highest BCUT2D eigenvalue weighted by molar-refractivity contribution is 7.07. The molecule has 2 aromatic heterocycles. The molecule has 0 spiro atoms. The molecule has 0 aliphatic carbocycles. The molecule has 1 N–H and O–H groups in total. The molecule has 17 heavy (non-hydrogen) atoms. The molecule has 0 bridgehead atoms. The van der Waals surface area contributed by atoms with Crippen LogP contribution in [0, 0.1) is 6.92 Å². The Morgan fingerprint density at radius 2 is 2.47 bits per heavy atom. The van der Waals surface area contributed by atoms with Crippen LogP contribution in [-0.2, 0) is 6.54 Å². The smallest absolute Gasteiger partial charge is 0.110 e. The fourth-order valence-corrected chi connectivity index (χ4v) is 2.93. The standard InChI is InChI=1S/C12H16N4S/c1-9-4-13-12(15-9)10-2-3-16(5-10)6-11-7-17-8-14-11/h4,7-8,10H,2-3,5-6H2,1H3,(H,13,15)/t10-/m1/s1. The maximum atomic E-state index is 4.43. The van der Waals surface area contributed by atoms with Gasteiger partial charge in [-0.15, -0.1) is 11.3 Å². The predicted molar refractivity (Wildman–Crippen MR) is 68.1 cm³/mol. The molecule has 5 heteroatoms. The van der Waals surface area contributed by atoms with E-state index in [0.717, 1.165) is 31.2 Å². The number of nitrogens with one attached hydrogen (secondary N) is 1. The Bertz CT molecular complexity index is 476. The molecule has 3 heterocycles. The van der Waals surface area contributed by atoms with Crippen molar-refractivity contribution in [2.45, 2.75) is 25.8 Å². The minimum absolute atomic E-state index is 0.558. The van der Waals surface area contributed by atoms with E-state index in [-0.39, 0.29) is 0 Å². The van der Waals surface area contributed by atoms with Gasteiger partial charge in [0.25, 0.3) is 0 Å². The Balaban J connectivity index is 1.62. The third-order valence-corrected chi connectivity index (χ3v) is 3.89. The largest absolute Gasteiger partial charge is 0.346 e. The van der Waals surface area contributed by atoms with Crippen LogP contribution in [0.2, 0.25) is 0 Å². The maximum Gasteiger partial charge on any atom is 0.110 e. The average molecular weight is 248 g/mol. The molecular weight excluding hydrogens is 232 g/mol. The fourth-order valence-electron chi connectivity index (χ4n) is 2.38. The monoisotopic (exact) mass is 248 g/mol. The van der Waals surface area contributed by atoms with Crippen LogP contribution in [0.15, 0.2) is 17.1 Å². The quantitative estimate of drug-likeness (QED) is 0.905. The van der Waals surface area contributed by atoms with Gasteiger partial charge in [-0.2, -0.15) is 0 Å². The molecule has 0 amide bonds. The van der Waals surface area contributed by atoms with Crippen molar-refractivity contribution in [3.63, 3.8) is 0 Å². The normalized spacial score (nSPS) is 21.1. The molecule has 0 aromatic carbocycles. The third kappa shape index (κ3) is 2.40. The molecule has 0 unspecified atom stereocenters. The summed E-state index contributed by atoms with van der Waals surface area (Å²) < 4.78 is 0. The molecule has 0 radical (unpaired) electrons. The van der Waals surface area contributed by atoms with Crippen molar-refractivity contribution in [2.75, 3.05) is 13.1 Å². The lowest BCUT2D eigenvalue weighted by Gasteiger charge is -2.13. The second-order valence-electron chi connectivity index (χ2n) is 4.65. The van der Waals surface area contributed by atoms with Gasteiger partial charge in [0.2, 0.25) is 0 Å². The van der Waals surface area contributed by atoms with E-state index in [4.69, 9.17) is 0 Å². The molecule has 1 saturated heterocycles. The van der Waals surface area contributed by atoms with E-state index in [9.17, 15) is 0 Å². The van der Waals surface area contributed by atoms with Gasteiger partial charge < -0.3 is 4.98 Å². The summed E-state index contributed by atoms with van der Waals surface area (Å²) in [5, 5.41) is 2.13. The van der Waals surface area contributed by atoms with E-state index >= 15 is 0 Å². The second-order valence-corrected chi connectivity index (χ2v) is 5.37. The Labute approximate surface area is 105 Å². The number of aromatic nitrogens is 3. The van der Waals surface area contributed by atoms with E-state index in [1.807, 2.05) is 11.7 Å². The number of hydrogen-bond acceptors (Lipinski definition) is 4. The summed E-state index contributed by atoms with van der Waals surface area (Å²) in [6, 6.07) is 0. The molecule has 1 aliphatic rings. The van der Waals surface area contributed by atoms with Gasteiger partial charge in [-0.1, -0.05) is 0 Å². The zero-order valence-electron chi connectivity index (χ0n) is 9.89. The zero-order valence-corrected chi connectivity index (χ0v) is 10.7. The first-order valence-electron chi connectivity index (χ1n) is 5.92. The van der Waals surface area contributed by atoms with Gasteiger partial charge in [0.05, 0.1) is 11.2 Å². The molecule has 4 nitrogen and oxygen atoms in total. The minimum Gasteiger partial charge on any atom is -0.346 e. The first-order chi connectivity index (χ1) is 8.31. The first kappa shape index (κ1) is 10.9. The van der Waals surface area contributed by atoms with E-state index in [1.54, 1.807) is 11.3 Å².